The third-order valence-corrected chi connectivity index (χ3v) is 2.87. The Bertz CT molecular complexity index is 711. The van der Waals surface area contributed by atoms with Gasteiger partial charge in [0.05, 0.1) is 17.4 Å². The molecule has 3 rings (SSSR count). The maximum absolute atomic E-state index is 12.4. The van der Waals surface area contributed by atoms with Crippen LogP contribution in [0, 0.1) is 6.92 Å². The molecule has 4 heteroatoms. The highest BCUT2D eigenvalue weighted by atomic mass is 16.3. The molecule has 1 aromatic carbocycles. The second kappa shape index (κ2) is 4.57. The van der Waals surface area contributed by atoms with Gasteiger partial charge in [0.15, 0.2) is 0 Å². The highest BCUT2D eigenvalue weighted by molar-refractivity contribution is 6.08. The maximum atomic E-state index is 12.4. The van der Waals surface area contributed by atoms with Gasteiger partial charge in [0.1, 0.15) is 17.7 Å². The second-order valence-corrected chi connectivity index (χ2v) is 4.24. The van der Waals surface area contributed by atoms with E-state index in [2.05, 4.69) is 5.10 Å². The first-order valence-corrected chi connectivity index (χ1v) is 5.95. The number of hydrogen-bond donors (Lipinski definition) is 0. The van der Waals surface area contributed by atoms with Crippen molar-refractivity contribution < 1.29 is 9.21 Å². The smallest absolute Gasteiger partial charge is 0.214 e. The maximum Gasteiger partial charge on any atom is 0.214 e. The zero-order valence-corrected chi connectivity index (χ0v) is 10.4. The summed E-state index contributed by atoms with van der Waals surface area (Å²) in [5, 5.41) is 4.21. The molecule has 0 fully saturated rings. The molecule has 19 heavy (non-hydrogen) atoms. The highest BCUT2D eigenvalue weighted by Gasteiger charge is 2.16. The van der Waals surface area contributed by atoms with Crippen LogP contribution in [-0.2, 0) is 0 Å². The summed E-state index contributed by atoms with van der Waals surface area (Å²) < 4.78 is 6.81. The van der Waals surface area contributed by atoms with Crippen molar-refractivity contribution in [1.82, 2.24) is 9.78 Å². The Hall–Kier alpha value is -2.62. The molecule has 0 saturated heterocycles. The highest BCUT2D eigenvalue weighted by Crippen LogP contribution is 2.16. The Morgan fingerprint density at radius 3 is 2.68 bits per heavy atom. The van der Waals surface area contributed by atoms with Crippen LogP contribution in [0.1, 0.15) is 21.8 Å². The van der Waals surface area contributed by atoms with E-state index in [0.29, 0.717) is 17.0 Å². The zero-order valence-electron chi connectivity index (χ0n) is 10.4. The number of benzene rings is 1. The topological polar surface area (TPSA) is 48.0 Å². The summed E-state index contributed by atoms with van der Waals surface area (Å²) in [5.74, 6) is 0.618. The molecule has 94 valence electrons. The molecular formula is C15H12N2O2. The van der Waals surface area contributed by atoms with E-state index in [1.54, 1.807) is 23.0 Å². The van der Waals surface area contributed by atoms with Crippen LogP contribution in [0.2, 0.25) is 0 Å². The fraction of sp³-hybridized carbons (Fsp3) is 0.0667. The van der Waals surface area contributed by atoms with Gasteiger partial charge in [-0.05, 0) is 31.2 Å². The molecule has 2 aromatic heterocycles. The summed E-state index contributed by atoms with van der Waals surface area (Å²) in [6.45, 7) is 1.81. The lowest BCUT2D eigenvalue weighted by molar-refractivity contribution is 0.103. The molecule has 0 unspecified atom stereocenters. The third kappa shape index (κ3) is 2.08. The van der Waals surface area contributed by atoms with Crippen LogP contribution >= 0.6 is 0 Å². The number of carbonyl (C=O) groups is 1. The molecule has 2 heterocycles. The van der Waals surface area contributed by atoms with Crippen molar-refractivity contribution in [3.8, 4) is 5.69 Å². The van der Waals surface area contributed by atoms with Crippen LogP contribution in [0.25, 0.3) is 5.69 Å². The summed E-state index contributed by atoms with van der Waals surface area (Å²) in [6, 6.07) is 13.0. The molecule has 0 spiro atoms. The van der Waals surface area contributed by atoms with Gasteiger partial charge in [-0.2, -0.15) is 5.10 Å². The van der Waals surface area contributed by atoms with Gasteiger partial charge in [0, 0.05) is 0 Å². The van der Waals surface area contributed by atoms with Crippen LogP contribution in [0.4, 0.5) is 0 Å². The Morgan fingerprint density at radius 1 is 1.21 bits per heavy atom. The van der Waals surface area contributed by atoms with Gasteiger partial charge < -0.3 is 4.42 Å². The van der Waals surface area contributed by atoms with Gasteiger partial charge in [-0.15, -0.1) is 0 Å². The minimum absolute atomic E-state index is 0.0989. The zero-order chi connectivity index (χ0) is 13.2. The summed E-state index contributed by atoms with van der Waals surface area (Å²) >= 11 is 0. The third-order valence-electron chi connectivity index (χ3n) is 2.87. The quantitative estimate of drug-likeness (QED) is 0.673. The summed E-state index contributed by atoms with van der Waals surface area (Å²) in [7, 11) is 0. The number of nitrogens with zero attached hydrogens (tertiary/aromatic N) is 2. The van der Waals surface area contributed by atoms with Crippen LogP contribution < -0.4 is 0 Å². The van der Waals surface area contributed by atoms with E-state index in [-0.39, 0.29) is 5.78 Å². The van der Waals surface area contributed by atoms with E-state index in [0.717, 1.165) is 5.69 Å². The minimum Gasteiger partial charge on any atom is -0.469 e. The summed E-state index contributed by atoms with van der Waals surface area (Å²) in [4.78, 5) is 12.4. The molecule has 0 aliphatic heterocycles. The Morgan fingerprint density at radius 2 is 2.00 bits per heavy atom. The Labute approximate surface area is 110 Å². The fourth-order valence-electron chi connectivity index (χ4n) is 1.96. The van der Waals surface area contributed by atoms with E-state index in [9.17, 15) is 4.79 Å². The minimum atomic E-state index is -0.0989. The number of ketones is 1. The number of furan rings is 1. The van der Waals surface area contributed by atoms with E-state index in [1.807, 2.05) is 37.3 Å². The van der Waals surface area contributed by atoms with Gasteiger partial charge in [-0.3, -0.25) is 4.79 Å². The first kappa shape index (κ1) is 11.5. The predicted molar refractivity (Wildman–Crippen MR) is 70.4 cm³/mol. The largest absolute Gasteiger partial charge is 0.469 e. The van der Waals surface area contributed by atoms with E-state index >= 15 is 0 Å². The summed E-state index contributed by atoms with van der Waals surface area (Å²) in [6.07, 6.45) is 3.09. The molecule has 0 amide bonds. The number of aromatic nitrogens is 2. The summed E-state index contributed by atoms with van der Waals surface area (Å²) in [5.41, 5.74) is 1.92. The first-order valence-electron chi connectivity index (χ1n) is 5.95. The molecule has 0 atom stereocenters. The van der Waals surface area contributed by atoms with Crippen LogP contribution in [0.5, 0.6) is 0 Å². The molecule has 0 radical (unpaired) electrons. The first-order chi connectivity index (χ1) is 9.25. The Balaban J connectivity index is 2.03. The molecule has 0 saturated carbocycles. The second-order valence-electron chi connectivity index (χ2n) is 4.24. The van der Waals surface area contributed by atoms with Crippen LogP contribution in [-0.4, -0.2) is 15.6 Å². The average Bonchev–Trinajstić information content (AvgIpc) is 3.07. The molecule has 4 nitrogen and oxygen atoms in total. The van der Waals surface area contributed by atoms with Crippen molar-refractivity contribution in [1.29, 1.82) is 0 Å². The van der Waals surface area contributed by atoms with Crippen molar-refractivity contribution in [3.05, 3.63) is 71.9 Å². The lowest BCUT2D eigenvalue weighted by Gasteiger charge is -2.05. The van der Waals surface area contributed by atoms with Crippen molar-refractivity contribution in [2.24, 2.45) is 0 Å². The van der Waals surface area contributed by atoms with Crippen LogP contribution in [0.15, 0.2) is 59.3 Å². The number of hydrogen-bond acceptors (Lipinski definition) is 3. The van der Waals surface area contributed by atoms with Gasteiger partial charge in [0.2, 0.25) is 5.78 Å². The standard InChI is InChI=1S/C15H12N2O2/c1-11-9-12(10-19-11)15(18)14-7-8-16-17(14)13-5-3-2-4-6-13/h2-10H,1H3. The van der Waals surface area contributed by atoms with E-state index < -0.39 is 0 Å². The SMILES string of the molecule is Cc1cc(C(=O)c2ccnn2-c2ccccc2)co1. The van der Waals surface area contributed by atoms with Gasteiger partial charge in [0.25, 0.3) is 0 Å². The molecular weight excluding hydrogens is 240 g/mol. The molecule has 3 aromatic rings. The number of rotatable bonds is 3. The lowest BCUT2D eigenvalue weighted by atomic mass is 10.1. The van der Waals surface area contributed by atoms with Crippen molar-refractivity contribution in [2.75, 3.05) is 0 Å². The number of carbonyl (C=O) groups excluding carboxylic acids is 1. The Kier molecular flexibility index (Phi) is 2.76. The molecule has 0 aliphatic carbocycles. The number of aryl methyl sites for hydroxylation is 1. The van der Waals surface area contributed by atoms with E-state index in [4.69, 9.17) is 4.42 Å². The van der Waals surface area contributed by atoms with Gasteiger partial charge >= 0.3 is 0 Å². The average molecular weight is 252 g/mol. The fourth-order valence-corrected chi connectivity index (χ4v) is 1.96. The number of para-hydroxylation sites is 1. The predicted octanol–water partition coefficient (Wildman–Crippen LogP) is 3.00. The van der Waals surface area contributed by atoms with Crippen molar-refractivity contribution in [2.45, 2.75) is 6.92 Å². The van der Waals surface area contributed by atoms with Crippen LogP contribution in [0.3, 0.4) is 0 Å². The van der Waals surface area contributed by atoms with Crippen molar-refractivity contribution in [3.63, 3.8) is 0 Å². The monoisotopic (exact) mass is 252 g/mol. The molecule has 0 aliphatic rings. The lowest BCUT2D eigenvalue weighted by Crippen LogP contribution is -2.09. The molecule has 0 bridgehead atoms. The van der Waals surface area contributed by atoms with Gasteiger partial charge in [-0.1, -0.05) is 18.2 Å². The van der Waals surface area contributed by atoms with E-state index in [1.165, 1.54) is 6.26 Å². The van der Waals surface area contributed by atoms with Crippen molar-refractivity contribution >= 4 is 5.78 Å². The normalized spacial score (nSPS) is 10.6. The van der Waals surface area contributed by atoms with Gasteiger partial charge in [-0.25, -0.2) is 4.68 Å². The molecule has 0 N–H and O–H groups in total.